The molecule has 1 aliphatic rings. The fourth-order valence-corrected chi connectivity index (χ4v) is 3.52. The number of rotatable bonds is 3. The molecule has 1 radical (unpaired) electrons. The zero-order chi connectivity index (χ0) is 16.7. The molecule has 0 amide bonds. The molecule has 0 aliphatic heterocycles. The van der Waals surface area contributed by atoms with Crippen LogP contribution in [0.25, 0.3) is 0 Å². The van der Waals surface area contributed by atoms with Crippen LogP contribution in [0.1, 0.15) is 54.8 Å². The topological polar surface area (TPSA) is 26.3 Å². The van der Waals surface area contributed by atoms with Gasteiger partial charge in [-0.05, 0) is 35.6 Å². The predicted molar refractivity (Wildman–Crippen MR) is 80.3 cm³/mol. The third-order valence-electron chi connectivity index (χ3n) is 4.09. The third kappa shape index (κ3) is 3.43. The van der Waals surface area contributed by atoms with E-state index >= 15 is 0 Å². The molecule has 0 heterocycles. The van der Waals surface area contributed by atoms with Gasteiger partial charge in [-0.2, -0.15) is 13.2 Å². The molecule has 0 saturated heterocycles. The van der Waals surface area contributed by atoms with Gasteiger partial charge in [0.1, 0.15) is 0 Å². The van der Waals surface area contributed by atoms with Crippen molar-refractivity contribution in [1.29, 1.82) is 0 Å². The van der Waals surface area contributed by atoms with Crippen molar-refractivity contribution in [2.75, 3.05) is 0 Å². The minimum absolute atomic E-state index is 0.0484. The van der Waals surface area contributed by atoms with E-state index in [1.54, 1.807) is 6.07 Å². The molecule has 0 unspecified atom stereocenters. The van der Waals surface area contributed by atoms with Crippen molar-refractivity contribution in [2.24, 2.45) is 0 Å². The molecule has 1 aliphatic carbocycles. The SMILES string of the molecule is C[Si](O[C@H]1CCc2c(C(=O)C(F)(F)F)cccc21)C(C)(C)C. The molecule has 121 valence electrons. The van der Waals surface area contributed by atoms with E-state index in [1.165, 1.54) is 12.1 Å². The van der Waals surface area contributed by atoms with Gasteiger partial charge in [-0.25, -0.2) is 0 Å². The molecule has 22 heavy (non-hydrogen) atoms. The number of alkyl halides is 3. The average molecular weight is 329 g/mol. The highest BCUT2D eigenvalue weighted by molar-refractivity contribution is 6.53. The Balaban J connectivity index is 2.29. The fourth-order valence-electron chi connectivity index (χ4n) is 2.49. The third-order valence-corrected chi connectivity index (χ3v) is 6.84. The smallest absolute Gasteiger partial charge is 0.409 e. The van der Waals surface area contributed by atoms with Gasteiger partial charge in [-0.1, -0.05) is 39.0 Å². The van der Waals surface area contributed by atoms with Gasteiger partial charge in [0, 0.05) is 5.56 Å². The molecule has 2 nitrogen and oxygen atoms in total. The van der Waals surface area contributed by atoms with E-state index in [-0.39, 0.29) is 16.7 Å². The zero-order valence-corrected chi connectivity index (χ0v) is 14.2. The standard InChI is InChI=1S/C16H20F3O2Si/c1-15(2,3)22(4)21-13-9-8-10-11(13)6-5-7-12(10)14(20)16(17,18)19/h5-7,13H,8-9H2,1-4H3/t13-/m0/s1. The molecular formula is C16H20F3O2Si. The zero-order valence-electron chi connectivity index (χ0n) is 13.2. The lowest BCUT2D eigenvalue weighted by Gasteiger charge is -2.28. The van der Waals surface area contributed by atoms with Crippen LogP contribution in [0.5, 0.6) is 0 Å². The first-order valence-corrected chi connectivity index (χ1v) is 9.16. The molecule has 0 fully saturated rings. The minimum Gasteiger partial charge on any atom is -0.409 e. The predicted octanol–water partition coefficient (Wildman–Crippen LogP) is 4.86. The Hall–Kier alpha value is -1.14. The quantitative estimate of drug-likeness (QED) is 0.585. The molecule has 0 aromatic heterocycles. The monoisotopic (exact) mass is 329 g/mol. The first kappa shape index (κ1) is 17.2. The summed E-state index contributed by atoms with van der Waals surface area (Å²) < 4.78 is 44.2. The van der Waals surface area contributed by atoms with Crippen molar-refractivity contribution in [3.63, 3.8) is 0 Å². The molecule has 0 saturated carbocycles. The van der Waals surface area contributed by atoms with Crippen LogP contribution < -0.4 is 0 Å². The summed E-state index contributed by atoms with van der Waals surface area (Å²) in [7, 11) is -1.10. The number of fused-ring (bicyclic) bond motifs is 1. The molecule has 0 N–H and O–H groups in total. The number of halogens is 3. The Morgan fingerprint density at radius 2 is 1.91 bits per heavy atom. The average Bonchev–Trinajstić information content (AvgIpc) is 2.79. The number of hydrogen-bond acceptors (Lipinski definition) is 2. The van der Waals surface area contributed by atoms with Crippen LogP contribution in [-0.4, -0.2) is 21.0 Å². The van der Waals surface area contributed by atoms with E-state index in [4.69, 9.17) is 4.43 Å². The Labute approximate surface area is 130 Å². The van der Waals surface area contributed by atoms with Gasteiger partial charge < -0.3 is 4.43 Å². The van der Waals surface area contributed by atoms with Gasteiger partial charge in [0.05, 0.1) is 6.10 Å². The van der Waals surface area contributed by atoms with E-state index in [9.17, 15) is 18.0 Å². The van der Waals surface area contributed by atoms with E-state index in [0.717, 1.165) is 5.56 Å². The van der Waals surface area contributed by atoms with Gasteiger partial charge in [0.25, 0.3) is 5.78 Å². The summed E-state index contributed by atoms with van der Waals surface area (Å²) in [4.78, 5) is 11.6. The highest BCUT2D eigenvalue weighted by Gasteiger charge is 2.42. The molecule has 0 bridgehead atoms. The molecule has 1 atom stereocenters. The van der Waals surface area contributed by atoms with Crippen molar-refractivity contribution in [2.45, 2.75) is 57.5 Å². The van der Waals surface area contributed by atoms with Crippen LogP contribution in [0.15, 0.2) is 18.2 Å². The summed E-state index contributed by atoms with van der Waals surface area (Å²) in [5, 5.41) is 0.0484. The first-order chi connectivity index (χ1) is 10.0. The van der Waals surface area contributed by atoms with Gasteiger partial charge in [-0.15, -0.1) is 0 Å². The number of ketones is 1. The summed E-state index contributed by atoms with van der Waals surface area (Å²) in [6.07, 6.45) is -3.94. The highest BCUT2D eigenvalue weighted by Crippen LogP contribution is 2.40. The van der Waals surface area contributed by atoms with Crippen molar-refractivity contribution >= 4 is 14.8 Å². The maximum Gasteiger partial charge on any atom is 0.454 e. The summed E-state index contributed by atoms with van der Waals surface area (Å²) in [5.74, 6) is -1.76. The Bertz CT molecular complexity index is 576. The number of benzene rings is 1. The van der Waals surface area contributed by atoms with Gasteiger partial charge >= 0.3 is 6.18 Å². The van der Waals surface area contributed by atoms with Crippen LogP contribution in [0.4, 0.5) is 13.2 Å². The second-order valence-electron chi connectivity index (χ2n) is 6.65. The van der Waals surface area contributed by atoms with Crippen molar-refractivity contribution < 1.29 is 22.4 Å². The summed E-state index contributed by atoms with van der Waals surface area (Å²) in [5.41, 5.74) is 1.01. The van der Waals surface area contributed by atoms with Crippen LogP contribution in [-0.2, 0) is 10.8 Å². The maximum absolute atomic E-state index is 12.7. The van der Waals surface area contributed by atoms with Crippen LogP contribution >= 0.6 is 0 Å². The van der Waals surface area contributed by atoms with Gasteiger partial charge in [0.15, 0.2) is 0 Å². The van der Waals surface area contributed by atoms with Crippen molar-refractivity contribution in [1.82, 2.24) is 0 Å². The summed E-state index contributed by atoms with van der Waals surface area (Å²) >= 11 is 0. The molecular weight excluding hydrogens is 309 g/mol. The van der Waals surface area contributed by atoms with E-state index in [2.05, 4.69) is 27.3 Å². The summed E-state index contributed by atoms with van der Waals surface area (Å²) in [6.45, 7) is 8.36. The van der Waals surface area contributed by atoms with Crippen LogP contribution in [0.2, 0.25) is 11.6 Å². The number of carbonyl (C=O) groups is 1. The molecule has 0 spiro atoms. The van der Waals surface area contributed by atoms with E-state index in [1.807, 2.05) is 0 Å². The van der Waals surface area contributed by atoms with Crippen molar-refractivity contribution in [3.05, 3.63) is 34.9 Å². The molecule has 1 aromatic carbocycles. The first-order valence-electron chi connectivity index (χ1n) is 7.26. The Morgan fingerprint density at radius 3 is 2.45 bits per heavy atom. The number of Topliss-reactive ketones (excluding diaryl/α,β-unsaturated/α-hetero) is 1. The van der Waals surface area contributed by atoms with E-state index in [0.29, 0.717) is 18.4 Å². The van der Waals surface area contributed by atoms with Crippen molar-refractivity contribution in [3.8, 4) is 0 Å². The largest absolute Gasteiger partial charge is 0.454 e. The summed E-state index contributed by atoms with van der Waals surface area (Å²) in [6, 6.07) is 4.55. The Morgan fingerprint density at radius 1 is 1.27 bits per heavy atom. The number of hydrogen-bond donors (Lipinski definition) is 0. The lowest BCUT2D eigenvalue weighted by molar-refractivity contribution is -0.0885. The van der Waals surface area contributed by atoms with Crippen LogP contribution in [0.3, 0.4) is 0 Å². The van der Waals surface area contributed by atoms with E-state index < -0.39 is 21.0 Å². The van der Waals surface area contributed by atoms with Gasteiger partial charge in [0.2, 0.25) is 9.04 Å². The Kier molecular flexibility index (Phi) is 4.55. The van der Waals surface area contributed by atoms with Crippen LogP contribution in [0, 0.1) is 0 Å². The minimum atomic E-state index is -4.83. The highest BCUT2D eigenvalue weighted by atomic mass is 28.3. The second kappa shape index (κ2) is 5.81. The number of carbonyl (C=O) groups excluding carboxylic acids is 1. The lowest BCUT2D eigenvalue weighted by Crippen LogP contribution is -2.27. The van der Waals surface area contributed by atoms with Gasteiger partial charge in [-0.3, -0.25) is 4.79 Å². The molecule has 1 aromatic rings. The molecule has 6 heteroatoms. The maximum atomic E-state index is 12.7. The normalized spacial score (nSPS) is 18.6. The second-order valence-corrected chi connectivity index (χ2v) is 9.50. The molecule has 2 rings (SSSR count). The fraction of sp³-hybridized carbons (Fsp3) is 0.562. The lowest BCUT2D eigenvalue weighted by atomic mass is 9.99.